The first-order valence-electron chi connectivity index (χ1n) is 5.81. The summed E-state index contributed by atoms with van der Waals surface area (Å²) in [4.78, 5) is 3.43. The number of nitrogens with zero attached hydrogens (tertiary/aromatic N) is 1. The van der Waals surface area contributed by atoms with Gasteiger partial charge >= 0.3 is 6.18 Å². The number of pyridine rings is 1. The summed E-state index contributed by atoms with van der Waals surface area (Å²) < 4.78 is 38.2. The van der Waals surface area contributed by atoms with Gasteiger partial charge in [0, 0.05) is 21.8 Å². The van der Waals surface area contributed by atoms with E-state index in [9.17, 15) is 18.3 Å². The van der Waals surface area contributed by atoms with E-state index in [1.165, 1.54) is 12.3 Å². The number of halogens is 4. The van der Waals surface area contributed by atoms with Gasteiger partial charge in [0.25, 0.3) is 0 Å². The Hall–Kier alpha value is -1.79. The van der Waals surface area contributed by atoms with Crippen LogP contribution in [0.4, 0.5) is 13.2 Å². The monoisotopic (exact) mass is 329 g/mol. The van der Waals surface area contributed by atoms with Crippen molar-refractivity contribution in [2.24, 2.45) is 0 Å². The molecule has 0 radical (unpaired) electrons. The molecule has 21 heavy (non-hydrogen) atoms. The van der Waals surface area contributed by atoms with Gasteiger partial charge in [-0.15, -0.1) is 0 Å². The topological polar surface area (TPSA) is 33.1 Å². The molecule has 2 heterocycles. The van der Waals surface area contributed by atoms with Gasteiger partial charge in [0.1, 0.15) is 10.7 Å². The molecule has 0 aliphatic heterocycles. The average Bonchev–Trinajstić information content (AvgIpc) is 2.73. The molecule has 0 fully saturated rings. The molecule has 0 saturated heterocycles. The molecule has 3 rings (SSSR count). The lowest BCUT2D eigenvalue weighted by atomic mass is 10.1. The zero-order chi connectivity index (χ0) is 15.2. The van der Waals surface area contributed by atoms with Gasteiger partial charge < -0.3 is 5.11 Å². The van der Waals surface area contributed by atoms with Crippen molar-refractivity contribution in [3.05, 3.63) is 47.2 Å². The summed E-state index contributed by atoms with van der Waals surface area (Å²) in [5.41, 5.74) is 0.347. The molecule has 2 aromatic heterocycles. The van der Waals surface area contributed by atoms with E-state index in [4.69, 9.17) is 11.6 Å². The van der Waals surface area contributed by atoms with E-state index in [1.54, 1.807) is 18.2 Å². The Kier molecular flexibility index (Phi) is 3.30. The van der Waals surface area contributed by atoms with Crippen LogP contribution in [0, 0.1) is 0 Å². The minimum absolute atomic E-state index is 0.0226. The van der Waals surface area contributed by atoms with Gasteiger partial charge in [-0.05, 0) is 17.7 Å². The third-order valence-corrected chi connectivity index (χ3v) is 4.45. The predicted octanol–water partition coefficient (Wildman–Crippen LogP) is 5.34. The van der Waals surface area contributed by atoms with Crippen molar-refractivity contribution in [2.45, 2.75) is 6.18 Å². The van der Waals surface area contributed by atoms with Crippen LogP contribution in [0.3, 0.4) is 0 Å². The lowest BCUT2D eigenvalue weighted by molar-refractivity contribution is -0.141. The second-order valence-corrected chi connectivity index (χ2v) is 5.77. The zero-order valence-electron chi connectivity index (χ0n) is 10.3. The highest BCUT2D eigenvalue weighted by molar-refractivity contribution is 7.21. The molecule has 0 bridgehead atoms. The van der Waals surface area contributed by atoms with Crippen molar-refractivity contribution in [1.29, 1.82) is 0 Å². The number of benzene rings is 1. The van der Waals surface area contributed by atoms with Crippen LogP contribution in [0.25, 0.3) is 21.2 Å². The summed E-state index contributed by atoms with van der Waals surface area (Å²) in [5, 5.41) is 10.6. The smallest absolute Gasteiger partial charge is 0.433 e. The quantitative estimate of drug-likeness (QED) is 0.653. The van der Waals surface area contributed by atoms with Crippen molar-refractivity contribution < 1.29 is 18.3 Å². The molecule has 0 aliphatic carbocycles. The van der Waals surface area contributed by atoms with Gasteiger partial charge in [-0.1, -0.05) is 41.1 Å². The van der Waals surface area contributed by atoms with E-state index in [1.807, 2.05) is 0 Å². The van der Waals surface area contributed by atoms with Crippen LogP contribution in [-0.4, -0.2) is 10.1 Å². The van der Waals surface area contributed by atoms with Crippen LogP contribution < -0.4 is 0 Å². The fraction of sp³-hybridized carbons (Fsp3) is 0.0714. The summed E-state index contributed by atoms with van der Waals surface area (Å²) in [6.45, 7) is 0. The molecule has 0 unspecified atom stereocenters. The predicted molar refractivity (Wildman–Crippen MR) is 76.7 cm³/mol. The molecule has 0 aliphatic rings. The van der Waals surface area contributed by atoms with Crippen LogP contribution in [-0.2, 0) is 6.18 Å². The number of alkyl halides is 3. The highest BCUT2D eigenvalue weighted by Gasteiger charge is 2.32. The number of rotatable bonds is 1. The van der Waals surface area contributed by atoms with E-state index in [0.717, 1.165) is 22.1 Å². The summed E-state index contributed by atoms with van der Waals surface area (Å²) >= 11 is 7.05. The van der Waals surface area contributed by atoms with Crippen LogP contribution >= 0.6 is 22.9 Å². The largest absolute Gasteiger partial charge is 0.498 e. The summed E-state index contributed by atoms with van der Waals surface area (Å²) in [5.74, 6) is 0. The van der Waals surface area contributed by atoms with Gasteiger partial charge in [-0.25, -0.2) is 0 Å². The lowest BCUT2D eigenvalue weighted by Gasteiger charge is -2.06. The molecule has 1 aromatic carbocycles. The molecule has 108 valence electrons. The molecule has 1 N–H and O–H groups in total. The number of thiophene rings is 1. The standard InChI is InChI=1S/C14H7ClF3NOS/c15-12-9-3-1-7(5-10(9)21-13(12)20)8-2-4-11(19-6-8)14(16,17)18/h1-6,20H. The SMILES string of the molecule is Oc1sc2cc(-c3ccc(C(F)(F)F)nc3)ccc2c1Cl. The highest BCUT2D eigenvalue weighted by Crippen LogP contribution is 2.41. The molecule has 0 spiro atoms. The normalized spacial score (nSPS) is 12.0. The maximum absolute atomic E-state index is 12.5. The Morgan fingerprint density at radius 3 is 2.43 bits per heavy atom. The van der Waals surface area contributed by atoms with Crippen molar-refractivity contribution in [2.75, 3.05) is 0 Å². The van der Waals surface area contributed by atoms with E-state index < -0.39 is 11.9 Å². The van der Waals surface area contributed by atoms with Crippen molar-refractivity contribution in [3.63, 3.8) is 0 Å². The summed E-state index contributed by atoms with van der Waals surface area (Å²) in [7, 11) is 0. The Bertz CT molecular complexity index is 811. The molecule has 7 heteroatoms. The third-order valence-electron chi connectivity index (χ3n) is 3.00. The molecule has 0 saturated carbocycles. The Morgan fingerprint density at radius 1 is 1.10 bits per heavy atom. The van der Waals surface area contributed by atoms with Crippen LogP contribution in [0.2, 0.25) is 5.02 Å². The lowest BCUT2D eigenvalue weighted by Crippen LogP contribution is -2.07. The van der Waals surface area contributed by atoms with E-state index >= 15 is 0 Å². The van der Waals surface area contributed by atoms with Gasteiger partial charge in [0.2, 0.25) is 0 Å². The van der Waals surface area contributed by atoms with Gasteiger partial charge in [-0.3, -0.25) is 4.98 Å². The second-order valence-electron chi connectivity index (χ2n) is 4.36. The number of fused-ring (bicyclic) bond motifs is 1. The maximum atomic E-state index is 12.5. The van der Waals surface area contributed by atoms with E-state index in [0.29, 0.717) is 16.5 Å². The zero-order valence-corrected chi connectivity index (χ0v) is 11.9. The third kappa shape index (κ3) is 2.56. The Morgan fingerprint density at radius 2 is 1.81 bits per heavy atom. The van der Waals surface area contributed by atoms with Gasteiger partial charge in [-0.2, -0.15) is 13.2 Å². The average molecular weight is 330 g/mol. The van der Waals surface area contributed by atoms with Crippen LogP contribution in [0.15, 0.2) is 36.5 Å². The van der Waals surface area contributed by atoms with Gasteiger partial charge in [0.05, 0.1) is 0 Å². The highest BCUT2D eigenvalue weighted by atomic mass is 35.5. The van der Waals surface area contributed by atoms with Crippen molar-refractivity contribution in [3.8, 4) is 16.2 Å². The summed E-state index contributed by atoms with van der Waals surface area (Å²) in [6.07, 6.45) is -3.27. The first-order chi connectivity index (χ1) is 9.86. The number of hydrogen-bond donors (Lipinski definition) is 1. The molecule has 3 aromatic rings. The van der Waals surface area contributed by atoms with E-state index in [2.05, 4.69) is 4.98 Å². The first-order valence-corrected chi connectivity index (χ1v) is 7.00. The second kappa shape index (κ2) is 4.89. The maximum Gasteiger partial charge on any atom is 0.433 e. The minimum atomic E-state index is -4.45. The van der Waals surface area contributed by atoms with Gasteiger partial charge in [0.15, 0.2) is 5.06 Å². The number of aromatic nitrogens is 1. The molecule has 0 atom stereocenters. The van der Waals surface area contributed by atoms with E-state index in [-0.39, 0.29) is 10.1 Å². The fourth-order valence-corrected chi connectivity index (χ4v) is 3.17. The fourth-order valence-electron chi connectivity index (χ4n) is 1.96. The summed E-state index contributed by atoms with van der Waals surface area (Å²) in [6, 6.07) is 7.52. The van der Waals surface area contributed by atoms with Crippen LogP contribution in [0.1, 0.15) is 5.69 Å². The molecular formula is C14H7ClF3NOS. The molecular weight excluding hydrogens is 323 g/mol. The number of aromatic hydroxyl groups is 1. The molecule has 2 nitrogen and oxygen atoms in total. The van der Waals surface area contributed by atoms with Crippen molar-refractivity contribution >= 4 is 33.0 Å². The number of hydrogen-bond acceptors (Lipinski definition) is 3. The van der Waals surface area contributed by atoms with Crippen molar-refractivity contribution in [1.82, 2.24) is 4.98 Å². The Labute approximate surface area is 126 Å². The minimum Gasteiger partial charge on any atom is -0.498 e. The first kappa shape index (κ1) is 14.2. The van der Waals surface area contributed by atoms with Crippen LogP contribution in [0.5, 0.6) is 5.06 Å². The molecule has 0 amide bonds. The Balaban J connectivity index is 2.04.